The summed E-state index contributed by atoms with van der Waals surface area (Å²) in [5.74, 6) is -1.58. The van der Waals surface area contributed by atoms with Crippen LogP contribution in [0, 0.1) is 11.7 Å². The number of nitrogens with one attached hydrogen (secondary N) is 2. The van der Waals surface area contributed by atoms with E-state index in [4.69, 9.17) is 4.74 Å². The van der Waals surface area contributed by atoms with Gasteiger partial charge in [-0.1, -0.05) is 19.1 Å². The van der Waals surface area contributed by atoms with Crippen LogP contribution in [0.4, 0.5) is 4.39 Å². The molecule has 2 bridgehead atoms. The van der Waals surface area contributed by atoms with Gasteiger partial charge in [0.1, 0.15) is 35.4 Å². The first-order valence-corrected chi connectivity index (χ1v) is 13.9. The predicted molar refractivity (Wildman–Crippen MR) is 149 cm³/mol. The van der Waals surface area contributed by atoms with Crippen LogP contribution in [0.25, 0.3) is 5.65 Å². The Balaban J connectivity index is 1.41. The average molecular weight is 580 g/mol. The molecule has 2 N–H and O–H groups in total. The van der Waals surface area contributed by atoms with Gasteiger partial charge in [0.05, 0.1) is 24.0 Å². The predicted octanol–water partition coefficient (Wildman–Crippen LogP) is 1.44. The number of carbonyl (C=O) groups is 3. The number of imidazole rings is 1. The van der Waals surface area contributed by atoms with Crippen LogP contribution in [-0.2, 0) is 24.8 Å². The highest BCUT2D eigenvalue weighted by Gasteiger charge is 2.26. The highest BCUT2D eigenvalue weighted by atomic mass is 19.1. The van der Waals surface area contributed by atoms with Crippen molar-refractivity contribution in [3.05, 3.63) is 65.6 Å². The Kier molecular flexibility index (Phi) is 8.50. The summed E-state index contributed by atoms with van der Waals surface area (Å²) in [6, 6.07) is 2.82. The molecule has 0 saturated heterocycles. The largest absolute Gasteiger partial charge is 0.491 e. The molecule has 222 valence electrons. The number of halogens is 1. The highest BCUT2D eigenvalue weighted by molar-refractivity contribution is 6.00. The van der Waals surface area contributed by atoms with Crippen molar-refractivity contribution in [2.24, 2.45) is 13.0 Å². The summed E-state index contributed by atoms with van der Waals surface area (Å²) in [6.45, 7) is 5.03. The smallest absolute Gasteiger partial charge is 0.259 e. The van der Waals surface area contributed by atoms with Crippen molar-refractivity contribution >= 4 is 23.4 Å². The van der Waals surface area contributed by atoms with Crippen molar-refractivity contribution in [2.75, 3.05) is 26.2 Å². The fraction of sp³-hybridized carbons (Fsp3) is 0.429. The zero-order valence-corrected chi connectivity index (χ0v) is 23.8. The number of carbonyl (C=O) groups excluding carboxylic acids is 3. The van der Waals surface area contributed by atoms with Crippen molar-refractivity contribution in [2.45, 2.75) is 39.3 Å². The van der Waals surface area contributed by atoms with Crippen LogP contribution in [0.15, 0.2) is 43.0 Å². The molecule has 1 aliphatic rings. The van der Waals surface area contributed by atoms with Crippen molar-refractivity contribution < 1.29 is 23.5 Å². The summed E-state index contributed by atoms with van der Waals surface area (Å²) in [6.07, 6.45) is 7.68. The van der Waals surface area contributed by atoms with Gasteiger partial charge >= 0.3 is 0 Å². The van der Waals surface area contributed by atoms with Gasteiger partial charge in [0.2, 0.25) is 5.91 Å². The van der Waals surface area contributed by atoms with Crippen LogP contribution in [0.1, 0.15) is 46.7 Å². The van der Waals surface area contributed by atoms with Crippen molar-refractivity contribution in [3.63, 3.8) is 0 Å². The van der Waals surface area contributed by atoms with Gasteiger partial charge in [0.25, 0.3) is 11.8 Å². The molecule has 0 radical (unpaired) electrons. The molecule has 0 spiro atoms. The van der Waals surface area contributed by atoms with E-state index in [0.717, 1.165) is 6.07 Å². The number of aryl methyl sites for hydroxylation is 1. The third-order valence-corrected chi connectivity index (χ3v) is 7.05. The number of rotatable bonds is 3. The Morgan fingerprint density at radius 2 is 2.02 bits per heavy atom. The monoisotopic (exact) mass is 579 g/mol. The maximum absolute atomic E-state index is 14.1. The molecule has 0 saturated carbocycles. The summed E-state index contributed by atoms with van der Waals surface area (Å²) in [5, 5.41) is 18.3. The third-order valence-electron chi connectivity index (χ3n) is 7.05. The number of nitrogens with zero attached hydrogens (tertiary/aromatic N) is 7. The van der Waals surface area contributed by atoms with Crippen LogP contribution in [0.3, 0.4) is 0 Å². The minimum Gasteiger partial charge on any atom is -0.491 e. The Bertz CT molecular complexity index is 1590. The van der Waals surface area contributed by atoms with E-state index in [9.17, 15) is 18.8 Å². The minimum atomic E-state index is -0.875. The minimum absolute atomic E-state index is 0.0121. The van der Waals surface area contributed by atoms with Gasteiger partial charge < -0.3 is 24.8 Å². The molecular formula is C28H34FN9O4. The third kappa shape index (κ3) is 6.42. The Labute approximate surface area is 241 Å². The molecule has 14 heteroatoms. The molecule has 3 aromatic heterocycles. The maximum Gasteiger partial charge on any atom is 0.259 e. The molecule has 0 unspecified atom stereocenters. The summed E-state index contributed by atoms with van der Waals surface area (Å²) >= 11 is 0. The van der Waals surface area contributed by atoms with E-state index in [-0.39, 0.29) is 42.8 Å². The maximum atomic E-state index is 14.1. The molecule has 0 aliphatic carbocycles. The lowest BCUT2D eigenvalue weighted by Gasteiger charge is -2.24. The number of fused-ring (bicyclic) bond motifs is 4. The van der Waals surface area contributed by atoms with Crippen LogP contribution in [-0.4, -0.2) is 84.1 Å². The summed E-state index contributed by atoms with van der Waals surface area (Å²) in [4.78, 5) is 41.8. The molecule has 3 amide bonds. The number of aromatic nitrogens is 6. The van der Waals surface area contributed by atoms with Crippen LogP contribution < -0.4 is 15.4 Å². The zero-order chi connectivity index (χ0) is 29.8. The van der Waals surface area contributed by atoms with E-state index >= 15 is 0 Å². The normalized spacial score (nSPS) is 17.3. The van der Waals surface area contributed by atoms with Gasteiger partial charge in [-0.15, -0.1) is 5.10 Å². The number of benzene rings is 1. The second-order valence-electron chi connectivity index (χ2n) is 10.7. The molecule has 0 fully saturated rings. The Hall–Kier alpha value is -4.75. The molecule has 1 aliphatic heterocycles. The molecule has 1 atom stereocenters. The molecule has 5 rings (SSSR count). The molecule has 4 heterocycles. The molecule has 42 heavy (non-hydrogen) atoms. The van der Waals surface area contributed by atoms with E-state index < -0.39 is 23.7 Å². The molecule has 4 aromatic rings. The summed E-state index contributed by atoms with van der Waals surface area (Å²) < 4.78 is 25.0. The van der Waals surface area contributed by atoms with Crippen molar-refractivity contribution in [1.82, 2.24) is 44.7 Å². The first kappa shape index (κ1) is 28.8. The summed E-state index contributed by atoms with van der Waals surface area (Å²) in [7, 11) is 1.84. The lowest BCUT2D eigenvalue weighted by Crippen LogP contribution is -2.49. The SMILES string of the molecule is CC(C)C[C@H]1NC(=O)c2cc(F)ccc2OCCn2cc(nn2)CCN(C(=O)c2cnn3ccn(C)c23)CCNC1=O. The average Bonchev–Trinajstić information content (AvgIpc) is 3.68. The van der Waals surface area contributed by atoms with Gasteiger partial charge in [-0.25, -0.2) is 13.6 Å². The van der Waals surface area contributed by atoms with E-state index in [1.54, 1.807) is 26.5 Å². The van der Waals surface area contributed by atoms with Crippen LogP contribution >= 0.6 is 0 Å². The zero-order valence-electron chi connectivity index (χ0n) is 23.8. The van der Waals surface area contributed by atoms with Crippen LogP contribution in [0.5, 0.6) is 5.75 Å². The van der Waals surface area contributed by atoms with E-state index in [2.05, 4.69) is 26.0 Å². The molecule has 13 nitrogen and oxygen atoms in total. The fourth-order valence-electron chi connectivity index (χ4n) is 4.93. The number of hydrogen-bond donors (Lipinski definition) is 2. The van der Waals surface area contributed by atoms with Crippen LogP contribution in [0.2, 0.25) is 0 Å². The number of hydrogen-bond acceptors (Lipinski definition) is 7. The second kappa shape index (κ2) is 12.4. The Morgan fingerprint density at radius 3 is 2.83 bits per heavy atom. The van der Waals surface area contributed by atoms with E-state index in [1.165, 1.54) is 18.3 Å². The lowest BCUT2D eigenvalue weighted by atomic mass is 10.0. The van der Waals surface area contributed by atoms with Gasteiger partial charge in [-0.2, -0.15) is 5.10 Å². The van der Waals surface area contributed by atoms with E-state index in [0.29, 0.717) is 42.8 Å². The van der Waals surface area contributed by atoms with Crippen molar-refractivity contribution in [1.29, 1.82) is 0 Å². The van der Waals surface area contributed by atoms with Gasteiger partial charge in [0.15, 0.2) is 0 Å². The molecule has 1 aromatic carbocycles. The lowest BCUT2D eigenvalue weighted by molar-refractivity contribution is -0.123. The number of amides is 3. The highest BCUT2D eigenvalue weighted by Crippen LogP contribution is 2.21. The van der Waals surface area contributed by atoms with E-state index in [1.807, 2.05) is 31.7 Å². The molecular weight excluding hydrogens is 545 g/mol. The Morgan fingerprint density at radius 1 is 1.19 bits per heavy atom. The topological polar surface area (TPSA) is 141 Å². The van der Waals surface area contributed by atoms with Gasteiger partial charge in [-0.3, -0.25) is 14.4 Å². The first-order chi connectivity index (χ1) is 20.2. The standard InChI is InChI=1S/C28H34FN9O4/c1-18(2)14-23-26(40)30-7-9-36(28(41)22-16-31-38-11-10-35(3)27(22)38)8-6-20-17-37(34-33-20)12-13-42-24-5-4-19(29)15-21(24)25(39)32-23/h4-5,10-11,15-18,23H,6-9,12-14H2,1-3H3,(H,30,40)(H,32,39)/t23-/m1/s1. The van der Waals surface area contributed by atoms with Crippen molar-refractivity contribution in [3.8, 4) is 5.75 Å². The quantitative estimate of drug-likeness (QED) is 0.374. The second-order valence-corrected chi connectivity index (χ2v) is 10.7. The first-order valence-electron chi connectivity index (χ1n) is 13.9. The number of ether oxygens (including phenoxy) is 1. The van der Waals surface area contributed by atoms with Gasteiger partial charge in [-0.05, 0) is 30.5 Å². The summed E-state index contributed by atoms with van der Waals surface area (Å²) in [5.41, 5.74) is 1.76. The fourth-order valence-corrected chi connectivity index (χ4v) is 4.93. The van der Waals surface area contributed by atoms with Gasteiger partial charge in [0, 0.05) is 51.7 Å².